The van der Waals surface area contributed by atoms with Gasteiger partial charge >= 0.3 is 23.9 Å². The zero-order valence-electron chi connectivity index (χ0n) is 55.6. The van der Waals surface area contributed by atoms with Crippen LogP contribution in [-0.4, -0.2) is 263 Å². The highest BCUT2D eigenvalue weighted by Crippen LogP contribution is 2.82. The lowest BCUT2D eigenvalue weighted by Crippen LogP contribution is -2.77. The van der Waals surface area contributed by atoms with Crippen LogP contribution in [0.4, 0.5) is 0 Å². The molecule has 10 rings (SSSR count). The number of allylic oxidation sites excluding steroid dienone is 1. The van der Waals surface area contributed by atoms with E-state index in [-0.39, 0.29) is 31.1 Å². The highest BCUT2D eigenvalue weighted by atomic mass is 16.8. The van der Waals surface area contributed by atoms with Crippen LogP contribution < -0.4 is 0 Å². The second kappa shape index (κ2) is 26.7. The highest BCUT2D eigenvalue weighted by Gasteiger charge is 2.86. The van der Waals surface area contributed by atoms with Crippen molar-refractivity contribution in [3.63, 3.8) is 0 Å². The Morgan fingerprint density at radius 3 is 1.74 bits per heavy atom. The normalized spacial score (nSPS) is 51.2. The van der Waals surface area contributed by atoms with Gasteiger partial charge in [-0.15, -0.1) is 0 Å². The van der Waals surface area contributed by atoms with Gasteiger partial charge in [0.05, 0.1) is 31.0 Å². The molecule has 94 heavy (non-hydrogen) atoms. The van der Waals surface area contributed by atoms with Gasteiger partial charge in [0.15, 0.2) is 43.7 Å². The van der Waals surface area contributed by atoms with Crippen molar-refractivity contribution in [2.45, 2.75) is 306 Å². The number of esters is 3. The molecule has 536 valence electrons. The largest absolute Gasteiger partial charge is 0.479 e. The molecule has 5 aliphatic heterocycles. The summed E-state index contributed by atoms with van der Waals surface area (Å²) in [7, 11) is 0. The average Bonchev–Trinajstić information content (AvgIpc) is 1.36. The van der Waals surface area contributed by atoms with Crippen molar-refractivity contribution in [1.29, 1.82) is 0 Å². The van der Waals surface area contributed by atoms with Gasteiger partial charge in [-0.3, -0.25) is 9.59 Å². The Bertz CT molecular complexity index is 2780. The Morgan fingerprint density at radius 2 is 1.14 bits per heavy atom. The molecule has 13 N–H and O–H groups in total. The Hall–Kier alpha value is -3.22. The first-order valence-corrected chi connectivity index (χ1v) is 33.3. The molecule has 10 fully saturated rings. The number of carbonyl (C=O) groups excluding carboxylic acids is 3. The summed E-state index contributed by atoms with van der Waals surface area (Å²) in [6.07, 6.45) is -39.0. The molecule has 5 heterocycles. The molecule has 5 aliphatic carbocycles. The van der Waals surface area contributed by atoms with E-state index < -0.39 is 235 Å². The van der Waals surface area contributed by atoms with Crippen molar-refractivity contribution in [3.8, 4) is 0 Å². The highest BCUT2D eigenvalue weighted by molar-refractivity contribution is 5.88. The van der Waals surface area contributed by atoms with Crippen molar-refractivity contribution in [3.05, 3.63) is 11.6 Å². The Morgan fingerprint density at radius 1 is 0.564 bits per heavy atom. The lowest BCUT2D eigenvalue weighted by Gasteiger charge is -2.75. The summed E-state index contributed by atoms with van der Waals surface area (Å²) in [6.45, 7) is 20.5. The van der Waals surface area contributed by atoms with E-state index in [1.54, 1.807) is 19.9 Å². The minimum atomic E-state index is -2.31. The van der Waals surface area contributed by atoms with Crippen LogP contribution in [0.25, 0.3) is 0 Å². The molecule has 0 amide bonds. The van der Waals surface area contributed by atoms with Gasteiger partial charge in [-0.25, -0.2) is 9.59 Å². The van der Waals surface area contributed by atoms with Gasteiger partial charge in [-0.05, 0) is 107 Å². The smallest absolute Gasteiger partial charge is 0.335 e. The molecule has 0 radical (unpaired) electrons. The van der Waals surface area contributed by atoms with E-state index >= 15 is 0 Å². The minimum absolute atomic E-state index is 0.0266. The lowest BCUT2D eigenvalue weighted by molar-refractivity contribution is -0.406. The van der Waals surface area contributed by atoms with E-state index in [0.29, 0.717) is 50.5 Å². The van der Waals surface area contributed by atoms with Crippen LogP contribution in [0.5, 0.6) is 0 Å². The summed E-state index contributed by atoms with van der Waals surface area (Å²) in [5.74, 6) is -4.47. The van der Waals surface area contributed by atoms with Gasteiger partial charge in [-0.2, -0.15) is 0 Å². The van der Waals surface area contributed by atoms with Gasteiger partial charge in [0.25, 0.3) is 0 Å². The van der Waals surface area contributed by atoms with Crippen LogP contribution in [-0.2, 0) is 76.0 Å². The first kappa shape index (κ1) is 73.5. The number of fused-ring (bicyclic) bond motifs is 4. The fraction of sp³-hybridized carbons (Fsp3) is 0.908. The fourth-order valence-corrected chi connectivity index (χ4v) is 19.6. The fourth-order valence-electron chi connectivity index (χ4n) is 19.6. The summed E-state index contributed by atoms with van der Waals surface area (Å²) in [5, 5.41) is 145. The Balaban J connectivity index is 0.992. The van der Waals surface area contributed by atoms with E-state index in [9.17, 15) is 85.6 Å². The zero-order valence-corrected chi connectivity index (χ0v) is 55.6. The summed E-state index contributed by atoms with van der Waals surface area (Å²) in [5.41, 5.74) is -6.15. The first-order valence-electron chi connectivity index (χ1n) is 33.3. The second-order valence-electron chi connectivity index (χ2n) is 30.4. The van der Waals surface area contributed by atoms with E-state index in [2.05, 4.69) is 20.8 Å². The molecule has 33 atom stereocenters. The maximum atomic E-state index is 13.9. The van der Waals surface area contributed by atoms with Crippen molar-refractivity contribution in [1.82, 2.24) is 0 Å². The molecule has 1 spiro atoms. The topological polar surface area (TPSA) is 442 Å². The summed E-state index contributed by atoms with van der Waals surface area (Å²) in [4.78, 5) is 54.7. The molecule has 29 nitrogen and oxygen atoms in total. The van der Waals surface area contributed by atoms with Crippen molar-refractivity contribution in [2.24, 2.45) is 50.2 Å². The molecular weight excluding hydrogens is 1240 g/mol. The SMILES string of the molecule is C/C=C(/C)C(=O)O[C@H]1[C@H](OC(=O)CCC)[C@@]23[C@@H](CC1(C)C)[C@]1(CC[C@@H]4[C@@]5(C)CC[C@H](O[C@@H]6O[C@H](C(=O)O)[C@@H](O)[C@H](O[C@@H]7O[C@H](CO)[C@H](O)[C@H](O)[C@H]7O[C@@H]7O[C@@H](C)[C@H](O)[C@@H](O)[C@H]7O)[C@H]6O[C@@H]6O[C@H](CO)[C@H](O)[C@H](O)[C@H]6O)C(C)(C)[C@@H]5CC[C@@]4(C)[C@]1(C)C[C@H]2OC(C)=O)O[C@@H]3O. The number of ether oxygens (including phenoxy) is 12. The van der Waals surface area contributed by atoms with Gasteiger partial charge in [0.2, 0.25) is 0 Å². The number of hydrogen-bond acceptors (Lipinski definition) is 28. The van der Waals surface area contributed by atoms with Crippen molar-refractivity contribution >= 4 is 23.9 Å². The van der Waals surface area contributed by atoms with Crippen LogP contribution in [0.1, 0.15) is 147 Å². The number of aliphatic carboxylic acids is 1. The quantitative estimate of drug-likeness (QED) is 0.0377. The molecule has 10 aliphatic rings. The molecule has 0 aromatic carbocycles. The van der Waals surface area contributed by atoms with Gasteiger partial charge in [-0.1, -0.05) is 61.5 Å². The number of carboxylic acid groups (broad SMARTS) is 1. The third-order valence-corrected chi connectivity index (χ3v) is 24.7. The lowest BCUT2D eigenvalue weighted by atomic mass is 9.30. The van der Waals surface area contributed by atoms with Crippen LogP contribution in [0.15, 0.2) is 11.6 Å². The van der Waals surface area contributed by atoms with E-state index in [0.717, 1.165) is 0 Å². The molecule has 0 unspecified atom stereocenters. The van der Waals surface area contributed by atoms with Crippen LogP contribution in [0, 0.1) is 50.2 Å². The number of aliphatic hydroxyl groups excluding tert-OH is 12. The predicted octanol–water partition coefficient (Wildman–Crippen LogP) is -0.532. The van der Waals surface area contributed by atoms with E-state index in [4.69, 9.17) is 56.8 Å². The molecule has 0 aromatic rings. The Kier molecular flexibility index (Phi) is 20.9. The monoisotopic (exact) mass is 1350 g/mol. The van der Waals surface area contributed by atoms with Crippen LogP contribution in [0.2, 0.25) is 0 Å². The summed E-state index contributed by atoms with van der Waals surface area (Å²) in [6, 6.07) is 0. The maximum Gasteiger partial charge on any atom is 0.335 e. The number of aliphatic hydroxyl groups is 12. The number of carbonyl (C=O) groups is 4. The Labute approximate surface area is 546 Å². The van der Waals surface area contributed by atoms with E-state index in [1.807, 2.05) is 34.6 Å². The van der Waals surface area contributed by atoms with Crippen molar-refractivity contribution in [2.75, 3.05) is 13.2 Å². The first-order chi connectivity index (χ1) is 43.9. The van der Waals surface area contributed by atoms with Crippen molar-refractivity contribution < 1.29 is 142 Å². The molecule has 29 heteroatoms. The number of hydrogen-bond donors (Lipinski definition) is 13. The molecule has 0 aromatic heterocycles. The maximum absolute atomic E-state index is 13.9. The predicted molar refractivity (Wildman–Crippen MR) is 317 cm³/mol. The van der Waals surface area contributed by atoms with Crippen LogP contribution >= 0.6 is 0 Å². The zero-order chi connectivity index (χ0) is 69.2. The summed E-state index contributed by atoms with van der Waals surface area (Å²) < 4.78 is 76.0. The number of carboxylic acids is 1. The second-order valence-corrected chi connectivity index (χ2v) is 30.4. The third-order valence-electron chi connectivity index (χ3n) is 24.7. The summed E-state index contributed by atoms with van der Waals surface area (Å²) >= 11 is 0. The average molecular weight is 1350 g/mol. The molecule has 5 saturated carbocycles. The minimum Gasteiger partial charge on any atom is -0.479 e. The molecule has 2 bridgehead atoms. The third kappa shape index (κ3) is 11.6. The number of rotatable bonds is 17. The van der Waals surface area contributed by atoms with Gasteiger partial charge in [0.1, 0.15) is 103 Å². The van der Waals surface area contributed by atoms with Gasteiger partial charge in [0, 0.05) is 35.7 Å². The molecular formula is C65H102O29. The van der Waals surface area contributed by atoms with Crippen LogP contribution in [0.3, 0.4) is 0 Å². The standard InChI is InChI=1S/C65H102O29/c1-13-15-36(69)88-51-50(93-53(81)26(3)14-2)59(6,7)22-33-64-21-17-32-61(10)19-18-34(60(8,9)31(61)16-20-62(32,11)63(64,12)23-35(84-28(5)68)65(33,51)58(82)94-64)87-57-49(92-55-44(77)41(74)38(71)29(24-66)85-55)46(45(78)47(90-57)52(79)80)89-56-48(42(75)39(72)30(25-67)86-56)91-54-43(76)40(73)37(70)27(4)83-54/h14,27,29-35,37-51,54-58,66-67,70-78,82H,13,15-25H2,1-12H3,(H,79,80)/b26-14-/t27-,29+,30+,31-,32+,33-,34-,35+,37-,38-,39-,40+,41-,42-,43+,44+,45-,46-,47-,48+,49+,50-,51-,54-,55-,56-,57+,58-,61-,62+,63-,64-,65+/m0/s1. The van der Waals surface area contributed by atoms with E-state index in [1.165, 1.54) is 13.8 Å². The van der Waals surface area contributed by atoms with Gasteiger partial charge < -0.3 is 123 Å². The molecule has 5 saturated heterocycles.